The molecule has 0 aliphatic rings. The Morgan fingerprint density at radius 3 is 2.33 bits per heavy atom. The summed E-state index contributed by atoms with van der Waals surface area (Å²) in [5.74, 6) is -2.16. The maximum Gasteiger partial charge on any atom is 0.317 e. The molecule has 0 fully saturated rings. The molecule has 88 valence electrons. The van der Waals surface area contributed by atoms with Crippen molar-refractivity contribution in [3.8, 4) is 0 Å². The Balaban J connectivity index is 4.19. The van der Waals surface area contributed by atoms with Crippen molar-refractivity contribution in [1.29, 1.82) is 0 Å². The normalized spacial score (nSPS) is 16.7. The standard InChI is InChI=1S/C8H13BrO5S/c1-8(14,3-9)4-15-5(7(12)13)2-6(10)11/h5,14H,2-4H2,1H3,(H,10,11)(H,12,13). The molecule has 0 saturated carbocycles. The number of aliphatic carboxylic acids is 2. The van der Waals surface area contributed by atoms with Gasteiger partial charge >= 0.3 is 11.9 Å². The molecule has 7 heteroatoms. The van der Waals surface area contributed by atoms with E-state index < -0.39 is 29.2 Å². The predicted octanol–water partition coefficient (Wildman–Crippen LogP) is 0.793. The van der Waals surface area contributed by atoms with E-state index in [1.807, 2.05) is 0 Å². The molecule has 0 aromatic rings. The number of hydrogen-bond donors (Lipinski definition) is 3. The maximum atomic E-state index is 10.7. The Hall–Kier alpha value is -0.270. The molecular weight excluding hydrogens is 288 g/mol. The van der Waals surface area contributed by atoms with Gasteiger partial charge in [-0.1, -0.05) is 15.9 Å². The van der Waals surface area contributed by atoms with Crippen molar-refractivity contribution in [3.63, 3.8) is 0 Å². The second-order valence-corrected chi connectivity index (χ2v) is 5.12. The highest BCUT2D eigenvalue weighted by atomic mass is 79.9. The Morgan fingerprint density at radius 2 is 2.00 bits per heavy atom. The van der Waals surface area contributed by atoms with Crippen LogP contribution in [0.2, 0.25) is 0 Å². The van der Waals surface area contributed by atoms with Crippen molar-refractivity contribution in [3.05, 3.63) is 0 Å². The van der Waals surface area contributed by atoms with E-state index in [-0.39, 0.29) is 5.75 Å². The molecule has 0 aliphatic carbocycles. The number of hydrogen-bond acceptors (Lipinski definition) is 4. The van der Waals surface area contributed by atoms with Crippen molar-refractivity contribution >= 4 is 39.6 Å². The first-order valence-corrected chi connectivity index (χ1v) is 6.30. The van der Waals surface area contributed by atoms with Crippen LogP contribution in [0.1, 0.15) is 13.3 Å². The zero-order valence-corrected chi connectivity index (χ0v) is 10.5. The van der Waals surface area contributed by atoms with E-state index in [1.165, 1.54) is 0 Å². The second-order valence-electron chi connectivity index (χ2n) is 3.37. The molecule has 0 saturated heterocycles. The monoisotopic (exact) mass is 300 g/mol. The summed E-state index contributed by atoms with van der Waals surface area (Å²) in [5, 5.41) is 26.1. The number of thioether (sulfide) groups is 1. The third-order valence-electron chi connectivity index (χ3n) is 1.52. The van der Waals surface area contributed by atoms with E-state index in [9.17, 15) is 14.7 Å². The average molecular weight is 301 g/mol. The summed E-state index contributed by atoms with van der Waals surface area (Å²) in [6.45, 7) is 1.55. The molecule has 0 aromatic carbocycles. The van der Waals surface area contributed by atoms with Gasteiger partial charge in [0, 0.05) is 11.1 Å². The summed E-state index contributed by atoms with van der Waals surface area (Å²) in [6.07, 6.45) is -0.446. The Kier molecular flexibility index (Phi) is 6.23. The van der Waals surface area contributed by atoms with Crippen molar-refractivity contribution in [2.75, 3.05) is 11.1 Å². The van der Waals surface area contributed by atoms with E-state index >= 15 is 0 Å². The summed E-state index contributed by atoms with van der Waals surface area (Å²) in [5.41, 5.74) is -1.03. The minimum Gasteiger partial charge on any atom is -0.481 e. The van der Waals surface area contributed by atoms with Crippen LogP contribution in [-0.2, 0) is 9.59 Å². The number of carboxylic acid groups (broad SMARTS) is 2. The van der Waals surface area contributed by atoms with Gasteiger partial charge in [-0.05, 0) is 6.92 Å². The quantitative estimate of drug-likeness (QED) is 0.602. The third-order valence-corrected chi connectivity index (χ3v) is 4.29. The molecule has 15 heavy (non-hydrogen) atoms. The van der Waals surface area contributed by atoms with Gasteiger partial charge in [-0.2, -0.15) is 0 Å². The summed E-state index contributed by atoms with van der Waals surface area (Å²) in [7, 11) is 0. The molecule has 0 bridgehead atoms. The molecule has 0 aromatic heterocycles. The van der Waals surface area contributed by atoms with Gasteiger partial charge in [0.25, 0.3) is 0 Å². The topological polar surface area (TPSA) is 94.8 Å². The molecule has 2 unspecified atom stereocenters. The van der Waals surface area contributed by atoms with Crippen molar-refractivity contribution in [2.24, 2.45) is 0 Å². The summed E-state index contributed by atoms with van der Waals surface area (Å²) < 4.78 is 0. The Labute approximate surface area is 100.0 Å². The summed E-state index contributed by atoms with van der Waals surface area (Å²) >= 11 is 4.01. The predicted molar refractivity (Wildman–Crippen MR) is 60.6 cm³/mol. The highest BCUT2D eigenvalue weighted by molar-refractivity contribution is 9.09. The smallest absolute Gasteiger partial charge is 0.317 e. The zero-order chi connectivity index (χ0) is 12.1. The van der Waals surface area contributed by atoms with Gasteiger partial charge < -0.3 is 15.3 Å². The Morgan fingerprint density at radius 1 is 1.47 bits per heavy atom. The number of carboxylic acids is 2. The summed E-state index contributed by atoms with van der Waals surface area (Å²) in [6, 6.07) is 0. The van der Waals surface area contributed by atoms with Crippen molar-refractivity contribution < 1.29 is 24.9 Å². The minimum absolute atomic E-state index is 0.169. The van der Waals surface area contributed by atoms with Crippen LogP contribution in [0.4, 0.5) is 0 Å². The fraction of sp³-hybridized carbons (Fsp3) is 0.750. The fourth-order valence-electron chi connectivity index (χ4n) is 0.695. The highest BCUT2D eigenvalue weighted by Gasteiger charge is 2.26. The number of aliphatic hydroxyl groups is 1. The van der Waals surface area contributed by atoms with Crippen LogP contribution < -0.4 is 0 Å². The first-order chi connectivity index (χ1) is 6.78. The molecule has 3 N–H and O–H groups in total. The molecule has 0 radical (unpaired) electrons. The third kappa shape index (κ3) is 6.75. The van der Waals surface area contributed by atoms with Gasteiger partial charge in [-0.3, -0.25) is 9.59 Å². The molecular formula is C8H13BrO5S. The van der Waals surface area contributed by atoms with E-state index in [2.05, 4.69) is 15.9 Å². The zero-order valence-electron chi connectivity index (χ0n) is 8.14. The fourth-order valence-corrected chi connectivity index (χ4v) is 2.22. The maximum absolute atomic E-state index is 10.7. The first kappa shape index (κ1) is 14.7. The minimum atomic E-state index is -1.17. The SMILES string of the molecule is CC(O)(CBr)CSC(CC(=O)O)C(=O)O. The van der Waals surface area contributed by atoms with Gasteiger partial charge in [-0.25, -0.2) is 0 Å². The lowest BCUT2D eigenvalue weighted by molar-refractivity contribution is -0.142. The van der Waals surface area contributed by atoms with Gasteiger partial charge in [0.05, 0.1) is 12.0 Å². The van der Waals surface area contributed by atoms with Gasteiger partial charge in [0.1, 0.15) is 5.25 Å². The highest BCUT2D eigenvalue weighted by Crippen LogP contribution is 2.22. The van der Waals surface area contributed by atoms with Crippen LogP contribution in [0.25, 0.3) is 0 Å². The number of halogens is 1. The second kappa shape index (κ2) is 6.34. The Bertz CT molecular complexity index is 243. The van der Waals surface area contributed by atoms with Crippen LogP contribution in [0.15, 0.2) is 0 Å². The molecule has 2 atom stereocenters. The van der Waals surface area contributed by atoms with E-state index in [4.69, 9.17) is 10.2 Å². The molecule has 0 spiro atoms. The average Bonchev–Trinajstić information content (AvgIpc) is 2.11. The molecule has 0 amide bonds. The number of rotatable bonds is 7. The van der Waals surface area contributed by atoms with Crippen molar-refractivity contribution in [1.82, 2.24) is 0 Å². The number of carbonyl (C=O) groups is 2. The van der Waals surface area contributed by atoms with E-state index in [0.717, 1.165) is 11.8 Å². The van der Waals surface area contributed by atoms with Gasteiger partial charge in [0.2, 0.25) is 0 Å². The van der Waals surface area contributed by atoms with Gasteiger partial charge in [0.15, 0.2) is 0 Å². The lowest BCUT2D eigenvalue weighted by atomic mass is 10.2. The number of alkyl halides is 1. The van der Waals surface area contributed by atoms with Crippen LogP contribution in [0.3, 0.4) is 0 Å². The van der Waals surface area contributed by atoms with Crippen LogP contribution in [0.5, 0.6) is 0 Å². The van der Waals surface area contributed by atoms with Crippen LogP contribution in [-0.4, -0.2) is 49.2 Å². The first-order valence-electron chi connectivity index (χ1n) is 4.13. The van der Waals surface area contributed by atoms with E-state index in [0.29, 0.717) is 5.33 Å². The van der Waals surface area contributed by atoms with Crippen molar-refractivity contribution in [2.45, 2.75) is 24.2 Å². The lowest BCUT2D eigenvalue weighted by Crippen LogP contribution is -2.32. The summed E-state index contributed by atoms with van der Waals surface area (Å²) in [4.78, 5) is 21.0. The molecule has 0 aliphatic heterocycles. The van der Waals surface area contributed by atoms with Crippen LogP contribution in [0, 0.1) is 0 Å². The van der Waals surface area contributed by atoms with Crippen LogP contribution >= 0.6 is 27.7 Å². The molecule has 0 heterocycles. The van der Waals surface area contributed by atoms with E-state index in [1.54, 1.807) is 6.92 Å². The molecule has 5 nitrogen and oxygen atoms in total. The molecule has 0 rings (SSSR count). The largest absolute Gasteiger partial charge is 0.481 e. The lowest BCUT2D eigenvalue weighted by Gasteiger charge is -2.21. The van der Waals surface area contributed by atoms with Gasteiger partial charge in [-0.15, -0.1) is 11.8 Å².